The lowest BCUT2D eigenvalue weighted by Gasteiger charge is -2.28. The summed E-state index contributed by atoms with van der Waals surface area (Å²) >= 11 is 0. The number of hydrogen-bond donors (Lipinski definition) is 2. The van der Waals surface area contributed by atoms with Gasteiger partial charge in [-0.15, -0.1) is 0 Å². The summed E-state index contributed by atoms with van der Waals surface area (Å²) in [5.74, 6) is -0.890. The molecule has 1 aliphatic rings. The van der Waals surface area contributed by atoms with Crippen LogP contribution in [0.15, 0.2) is 55.6 Å². The van der Waals surface area contributed by atoms with Gasteiger partial charge in [-0.1, -0.05) is 81.3 Å². The summed E-state index contributed by atoms with van der Waals surface area (Å²) in [5.41, 5.74) is 4.09. The summed E-state index contributed by atoms with van der Waals surface area (Å²) < 4.78 is 2.80. The summed E-state index contributed by atoms with van der Waals surface area (Å²) in [6.45, 7) is 15.1. The van der Waals surface area contributed by atoms with E-state index in [0.717, 1.165) is 54.4 Å². The van der Waals surface area contributed by atoms with Crippen molar-refractivity contribution in [3.8, 4) is 0 Å². The van der Waals surface area contributed by atoms with Crippen molar-refractivity contribution in [1.29, 1.82) is 0 Å². The normalized spacial score (nSPS) is 13.4. The molecule has 5 rings (SSSR count). The van der Waals surface area contributed by atoms with Gasteiger partial charge in [-0.2, -0.15) is 0 Å². The standard InChI is InChI=1S/C23H30N2O3.C16H18N2O3/c1-14(2)19-20(21(26)17-12-15(3)11-16(4)13-17)25(18-9-7-6-8-10-18)23(28)24(5)22(19)27;1-8(2)12-13(17-16(21)18-15(12)20)14(19)11-6-9(3)5-10(4)7-11/h11-14,18H,6-10H2,1-5H3;5-8H,1-4H3,(H2,17,18,20,21). The fourth-order valence-corrected chi connectivity index (χ4v) is 6.90. The van der Waals surface area contributed by atoms with E-state index in [1.807, 2.05) is 65.8 Å². The average Bonchev–Trinajstić information content (AvgIpc) is 3.01. The van der Waals surface area contributed by atoms with Gasteiger partial charge < -0.3 is 4.98 Å². The molecule has 0 radical (unpaired) electrons. The van der Waals surface area contributed by atoms with Crippen LogP contribution in [-0.2, 0) is 7.05 Å². The highest BCUT2D eigenvalue weighted by atomic mass is 16.2. The van der Waals surface area contributed by atoms with Crippen LogP contribution in [0.3, 0.4) is 0 Å². The number of nitrogens with zero attached hydrogens (tertiary/aromatic N) is 2. The van der Waals surface area contributed by atoms with Crippen molar-refractivity contribution in [2.24, 2.45) is 7.05 Å². The first kappa shape index (κ1) is 37.0. The van der Waals surface area contributed by atoms with Crippen LogP contribution in [0.5, 0.6) is 0 Å². The highest BCUT2D eigenvalue weighted by Crippen LogP contribution is 2.30. The van der Waals surface area contributed by atoms with Crippen molar-refractivity contribution < 1.29 is 9.59 Å². The van der Waals surface area contributed by atoms with E-state index in [9.17, 15) is 28.8 Å². The number of ketones is 2. The van der Waals surface area contributed by atoms with E-state index in [1.54, 1.807) is 30.5 Å². The van der Waals surface area contributed by atoms with Crippen molar-refractivity contribution in [2.45, 2.75) is 105 Å². The van der Waals surface area contributed by atoms with E-state index >= 15 is 0 Å². The van der Waals surface area contributed by atoms with Gasteiger partial charge in [0.15, 0.2) is 0 Å². The number of hydrogen-bond acceptors (Lipinski definition) is 6. The Hall–Kier alpha value is -4.86. The molecule has 2 N–H and O–H groups in total. The predicted octanol–water partition coefficient (Wildman–Crippen LogP) is 6.06. The maximum absolute atomic E-state index is 13.6. The Kier molecular flexibility index (Phi) is 11.4. The summed E-state index contributed by atoms with van der Waals surface area (Å²) in [5, 5.41) is 0. The molecule has 2 aromatic carbocycles. The highest BCUT2D eigenvalue weighted by molar-refractivity contribution is 6.09. The molecule has 10 heteroatoms. The van der Waals surface area contributed by atoms with Gasteiger partial charge in [0.1, 0.15) is 5.69 Å². The van der Waals surface area contributed by atoms with E-state index in [0.29, 0.717) is 27.9 Å². The van der Waals surface area contributed by atoms with E-state index < -0.39 is 11.2 Å². The van der Waals surface area contributed by atoms with E-state index in [-0.39, 0.29) is 46.4 Å². The molecule has 0 spiro atoms. The second kappa shape index (κ2) is 15.1. The van der Waals surface area contributed by atoms with Crippen LogP contribution in [0.1, 0.15) is 143 Å². The number of carbonyl (C=O) groups is 2. The van der Waals surface area contributed by atoms with Gasteiger partial charge in [-0.05, 0) is 76.6 Å². The van der Waals surface area contributed by atoms with Crippen LogP contribution < -0.4 is 22.5 Å². The summed E-state index contributed by atoms with van der Waals surface area (Å²) in [7, 11) is 1.51. The van der Waals surface area contributed by atoms with Gasteiger partial charge in [0.25, 0.3) is 11.1 Å². The van der Waals surface area contributed by atoms with Crippen LogP contribution >= 0.6 is 0 Å². The largest absolute Gasteiger partial charge is 0.331 e. The summed E-state index contributed by atoms with van der Waals surface area (Å²) in [6, 6.07) is 11.1. The molecule has 2 aromatic heterocycles. The highest BCUT2D eigenvalue weighted by Gasteiger charge is 2.30. The molecule has 0 amide bonds. The Morgan fingerprint density at radius 3 is 1.61 bits per heavy atom. The van der Waals surface area contributed by atoms with Gasteiger partial charge in [-0.25, -0.2) is 9.59 Å². The van der Waals surface area contributed by atoms with Gasteiger partial charge in [0.2, 0.25) is 11.6 Å². The summed E-state index contributed by atoms with van der Waals surface area (Å²) in [4.78, 5) is 80.5. The Morgan fingerprint density at radius 2 is 1.14 bits per heavy atom. The SMILES string of the molecule is Cc1cc(C)cc(C(=O)c2[nH]c(=O)[nH]c(=O)c2C(C)C)c1.Cc1cc(C)cc(C(=O)c2c(C(C)C)c(=O)n(C)c(=O)n2C2CCCCC2)c1. The van der Waals surface area contributed by atoms with E-state index in [2.05, 4.69) is 9.97 Å². The molecule has 0 saturated heterocycles. The zero-order chi connectivity index (χ0) is 36.3. The molecule has 260 valence electrons. The molecule has 49 heavy (non-hydrogen) atoms. The number of carbonyl (C=O) groups excluding carboxylic acids is 2. The molecular formula is C39H48N4O6. The molecule has 2 heterocycles. The van der Waals surface area contributed by atoms with E-state index in [4.69, 9.17) is 0 Å². The maximum Gasteiger partial charge on any atom is 0.331 e. The van der Waals surface area contributed by atoms with Crippen LogP contribution in [-0.4, -0.2) is 30.7 Å². The zero-order valence-electron chi connectivity index (χ0n) is 30.1. The second-order valence-electron chi connectivity index (χ2n) is 14.0. The first-order valence-electron chi connectivity index (χ1n) is 17.0. The topological polar surface area (TPSA) is 144 Å². The van der Waals surface area contributed by atoms with Crippen LogP contribution in [0.2, 0.25) is 0 Å². The number of H-pyrrole nitrogens is 2. The smallest absolute Gasteiger partial charge is 0.304 e. The van der Waals surface area contributed by atoms with Crippen molar-refractivity contribution in [1.82, 2.24) is 19.1 Å². The lowest BCUT2D eigenvalue weighted by atomic mass is 9.91. The Morgan fingerprint density at radius 1 is 0.673 bits per heavy atom. The van der Waals surface area contributed by atoms with Gasteiger partial charge >= 0.3 is 11.4 Å². The third-order valence-corrected chi connectivity index (χ3v) is 9.01. The van der Waals surface area contributed by atoms with Crippen molar-refractivity contribution in [3.63, 3.8) is 0 Å². The average molecular weight is 669 g/mol. The third-order valence-electron chi connectivity index (χ3n) is 9.01. The fourth-order valence-electron chi connectivity index (χ4n) is 6.90. The zero-order valence-corrected chi connectivity index (χ0v) is 30.1. The Bertz CT molecular complexity index is 2100. The molecule has 0 unspecified atom stereocenters. The molecule has 1 fully saturated rings. The Balaban J connectivity index is 0.000000230. The van der Waals surface area contributed by atoms with Crippen LogP contribution in [0.25, 0.3) is 0 Å². The number of aryl methyl sites for hydroxylation is 4. The van der Waals surface area contributed by atoms with Crippen molar-refractivity contribution >= 4 is 11.6 Å². The second-order valence-corrected chi connectivity index (χ2v) is 14.0. The lowest BCUT2D eigenvalue weighted by Crippen LogP contribution is -2.45. The minimum Gasteiger partial charge on any atom is -0.304 e. The lowest BCUT2D eigenvalue weighted by molar-refractivity contribution is 0.101. The molecular weight excluding hydrogens is 620 g/mol. The molecule has 0 atom stereocenters. The first-order chi connectivity index (χ1) is 23.0. The van der Waals surface area contributed by atoms with Gasteiger partial charge in [0, 0.05) is 35.3 Å². The minimum absolute atomic E-state index is 0.0320. The molecule has 1 saturated carbocycles. The maximum atomic E-state index is 13.6. The Labute approximate surface area is 286 Å². The number of aromatic nitrogens is 4. The fraction of sp³-hybridized carbons (Fsp3) is 0.436. The number of aromatic amines is 2. The number of benzene rings is 2. The molecule has 0 bridgehead atoms. The minimum atomic E-state index is -0.669. The predicted molar refractivity (Wildman–Crippen MR) is 193 cm³/mol. The summed E-state index contributed by atoms with van der Waals surface area (Å²) in [6.07, 6.45) is 4.95. The van der Waals surface area contributed by atoms with Crippen LogP contribution in [0, 0.1) is 27.7 Å². The van der Waals surface area contributed by atoms with Crippen molar-refractivity contribution in [2.75, 3.05) is 0 Å². The van der Waals surface area contributed by atoms with Crippen molar-refractivity contribution in [3.05, 3.63) is 134 Å². The molecule has 4 aromatic rings. The van der Waals surface area contributed by atoms with Crippen LogP contribution in [0.4, 0.5) is 0 Å². The van der Waals surface area contributed by atoms with Gasteiger partial charge in [0.05, 0.1) is 5.69 Å². The number of rotatable bonds is 7. The van der Waals surface area contributed by atoms with E-state index in [1.165, 1.54) is 11.6 Å². The quantitative estimate of drug-likeness (QED) is 0.229. The number of nitrogens with one attached hydrogen (secondary N) is 2. The van der Waals surface area contributed by atoms with Gasteiger partial charge in [-0.3, -0.25) is 33.3 Å². The third kappa shape index (κ3) is 8.07. The molecule has 10 nitrogen and oxygen atoms in total. The molecule has 0 aliphatic heterocycles. The monoisotopic (exact) mass is 668 g/mol. The molecule has 1 aliphatic carbocycles. The first-order valence-corrected chi connectivity index (χ1v) is 17.0.